The van der Waals surface area contributed by atoms with E-state index in [4.69, 9.17) is 18.9 Å². The molecule has 2 amide bonds. The summed E-state index contributed by atoms with van der Waals surface area (Å²) in [6, 6.07) is 6.43. The van der Waals surface area contributed by atoms with Crippen molar-refractivity contribution in [2.75, 3.05) is 41.3 Å². The zero-order chi connectivity index (χ0) is 27.2. The highest BCUT2D eigenvalue weighted by molar-refractivity contribution is 8.16. The van der Waals surface area contributed by atoms with Crippen molar-refractivity contribution in [3.8, 4) is 17.6 Å². The fourth-order valence-electron chi connectivity index (χ4n) is 5.10. The zero-order valence-corrected chi connectivity index (χ0v) is 22.7. The Hall–Kier alpha value is -2.79. The molecular formula is C24H27N3O8S2. The molecule has 37 heavy (non-hydrogen) atoms. The summed E-state index contributed by atoms with van der Waals surface area (Å²) in [5, 5.41) is 9.45. The first-order valence-corrected chi connectivity index (χ1v) is 12.9. The van der Waals surface area contributed by atoms with Gasteiger partial charge in [-0.3, -0.25) is 19.2 Å². The number of fused-ring (bicyclic) bond motifs is 2. The van der Waals surface area contributed by atoms with Gasteiger partial charge in [0, 0.05) is 27.7 Å². The molecule has 3 aliphatic heterocycles. The lowest BCUT2D eigenvalue weighted by Gasteiger charge is -2.52. The second-order valence-electron chi connectivity index (χ2n) is 9.34. The van der Waals surface area contributed by atoms with Crippen molar-refractivity contribution < 1.29 is 38.1 Å². The predicted molar refractivity (Wildman–Crippen MR) is 133 cm³/mol. The molecule has 0 spiro atoms. The smallest absolute Gasteiger partial charge is 0.261 e. The van der Waals surface area contributed by atoms with Gasteiger partial charge in [0.05, 0.1) is 17.5 Å². The Morgan fingerprint density at radius 2 is 1.70 bits per heavy atom. The van der Waals surface area contributed by atoms with Crippen molar-refractivity contribution in [3.63, 3.8) is 0 Å². The number of carbonyl (C=O) groups is 4. The maximum Gasteiger partial charge on any atom is 0.261 e. The summed E-state index contributed by atoms with van der Waals surface area (Å²) in [7, 11) is 4.13. The largest absolute Gasteiger partial charge is 0.454 e. The van der Waals surface area contributed by atoms with E-state index in [1.54, 1.807) is 25.1 Å². The normalized spacial score (nSPS) is 30.3. The van der Waals surface area contributed by atoms with Crippen LogP contribution in [0.5, 0.6) is 11.5 Å². The summed E-state index contributed by atoms with van der Waals surface area (Å²) >= 11 is 1.35. The van der Waals surface area contributed by atoms with Crippen molar-refractivity contribution >= 4 is 45.6 Å². The molecule has 4 rings (SSSR count). The third-order valence-corrected chi connectivity index (χ3v) is 9.23. The van der Waals surface area contributed by atoms with E-state index in [1.807, 2.05) is 0 Å². The number of hydrogen-bond donors (Lipinski definition) is 0. The lowest BCUT2D eigenvalue weighted by atomic mass is 9.79. The molecule has 0 radical (unpaired) electrons. The standard InChI is InChI=1S/C24H27N3O8S2/c1-22(12-25)11-24(37-18(29)10-33-5)21(31)26(3)23(2,36-17(28)9-32-4)20(30)27(24)19(22)14-6-7-15-16(8-14)35-13-34-15/h6-8,19H,9-11,13H2,1-5H3/t19?,22-,23+,24+/m1/s1. The van der Waals surface area contributed by atoms with E-state index in [0.29, 0.717) is 40.6 Å². The number of rotatable bonds is 7. The van der Waals surface area contributed by atoms with E-state index in [1.165, 1.54) is 38.0 Å². The first-order chi connectivity index (χ1) is 17.5. The molecule has 2 saturated heterocycles. The first-order valence-electron chi connectivity index (χ1n) is 11.3. The molecule has 0 aromatic heterocycles. The van der Waals surface area contributed by atoms with Crippen LogP contribution in [0.3, 0.4) is 0 Å². The van der Waals surface area contributed by atoms with E-state index in [9.17, 15) is 24.4 Å². The lowest BCUT2D eigenvalue weighted by Crippen LogP contribution is -2.71. The topological polar surface area (TPSA) is 135 Å². The van der Waals surface area contributed by atoms with Crippen molar-refractivity contribution in [2.45, 2.75) is 36.1 Å². The molecule has 2 fully saturated rings. The van der Waals surface area contributed by atoms with Gasteiger partial charge in [0.15, 0.2) is 21.2 Å². The van der Waals surface area contributed by atoms with Gasteiger partial charge in [0.2, 0.25) is 17.0 Å². The molecule has 0 bridgehead atoms. The Bertz CT molecular complexity index is 1200. The van der Waals surface area contributed by atoms with Crippen LogP contribution < -0.4 is 9.47 Å². The Kier molecular flexibility index (Phi) is 7.24. The monoisotopic (exact) mass is 549 g/mol. The number of nitriles is 1. The molecular weight excluding hydrogens is 522 g/mol. The van der Waals surface area contributed by atoms with Gasteiger partial charge < -0.3 is 28.7 Å². The Morgan fingerprint density at radius 1 is 1.08 bits per heavy atom. The van der Waals surface area contributed by atoms with Crippen LogP contribution in [-0.4, -0.2) is 82.9 Å². The molecule has 0 N–H and O–H groups in total. The Balaban J connectivity index is 1.91. The van der Waals surface area contributed by atoms with E-state index in [2.05, 4.69) is 6.07 Å². The summed E-state index contributed by atoms with van der Waals surface area (Å²) in [6.45, 7) is 2.62. The number of likely N-dealkylation sites (N-methyl/N-ethyl adjacent to an activating group) is 1. The molecule has 198 valence electrons. The van der Waals surface area contributed by atoms with Crippen molar-refractivity contribution in [1.29, 1.82) is 5.26 Å². The van der Waals surface area contributed by atoms with Gasteiger partial charge in [0.1, 0.15) is 13.2 Å². The van der Waals surface area contributed by atoms with Gasteiger partial charge >= 0.3 is 0 Å². The minimum Gasteiger partial charge on any atom is -0.454 e. The van der Waals surface area contributed by atoms with E-state index in [-0.39, 0.29) is 26.4 Å². The minimum atomic E-state index is -1.72. The van der Waals surface area contributed by atoms with Crippen LogP contribution in [0, 0.1) is 16.7 Å². The van der Waals surface area contributed by atoms with E-state index < -0.39 is 43.2 Å². The summed E-state index contributed by atoms with van der Waals surface area (Å²) in [5.74, 6) is -0.184. The average Bonchev–Trinajstić information content (AvgIpc) is 3.42. The number of hydrogen-bond acceptors (Lipinski definition) is 11. The second-order valence-corrected chi connectivity index (χ2v) is 12.1. The number of methoxy groups -OCH3 is 2. The third kappa shape index (κ3) is 4.25. The number of benzene rings is 1. The third-order valence-electron chi connectivity index (χ3n) is 6.84. The van der Waals surface area contributed by atoms with Gasteiger partial charge in [-0.25, -0.2) is 0 Å². The fraction of sp³-hybridized carbons (Fsp3) is 0.542. The van der Waals surface area contributed by atoms with Crippen molar-refractivity contribution in [1.82, 2.24) is 9.80 Å². The van der Waals surface area contributed by atoms with E-state index >= 15 is 0 Å². The van der Waals surface area contributed by atoms with Crippen molar-refractivity contribution in [3.05, 3.63) is 23.8 Å². The van der Waals surface area contributed by atoms with Crippen LogP contribution in [0.15, 0.2) is 18.2 Å². The Labute approximate surface area is 222 Å². The summed E-state index contributed by atoms with van der Waals surface area (Å²) < 4.78 is 20.8. The Morgan fingerprint density at radius 3 is 2.32 bits per heavy atom. The molecule has 0 saturated carbocycles. The summed E-state index contributed by atoms with van der Waals surface area (Å²) in [5.41, 5.74) is -0.733. The molecule has 13 heteroatoms. The highest BCUT2D eigenvalue weighted by Crippen LogP contribution is 2.62. The van der Waals surface area contributed by atoms with Gasteiger partial charge in [-0.2, -0.15) is 5.26 Å². The molecule has 1 aromatic rings. The number of piperazine rings is 1. The van der Waals surface area contributed by atoms with Crippen LogP contribution in [0.4, 0.5) is 0 Å². The van der Waals surface area contributed by atoms with Crippen LogP contribution in [0.2, 0.25) is 0 Å². The van der Waals surface area contributed by atoms with Crippen LogP contribution in [0.25, 0.3) is 0 Å². The van der Waals surface area contributed by atoms with Crippen LogP contribution in [-0.2, 0) is 28.7 Å². The first kappa shape index (κ1) is 27.3. The van der Waals surface area contributed by atoms with E-state index in [0.717, 1.165) is 0 Å². The van der Waals surface area contributed by atoms with Gasteiger partial charge in [0.25, 0.3) is 11.8 Å². The fourth-order valence-corrected chi connectivity index (χ4v) is 7.56. The molecule has 4 atom stereocenters. The van der Waals surface area contributed by atoms with Crippen LogP contribution in [0.1, 0.15) is 31.9 Å². The quantitative estimate of drug-likeness (QED) is 0.493. The molecule has 0 aliphatic carbocycles. The summed E-state index contributed by atoms with van der Waals surface area (Å²) in [4.78, 5) is 53.1. The lowest BCUT2D eigenvalue weighted by molar-refractivity contribution is -0.163. The predicted octanol–water partition coefficient (Wildman–Crippen LogP) is 1.92. The number of nitrogens with zero attached hydrogens (tertiary/aromatic N) is 3. The maximum absolute atomic E-state index is 14.4. The number of carbonyl (C=O) groups excluding carboxylic acids is 4. The molecule has 3 heterocycles. The van der Waals surface area contributed by atoms with Gasteiger partial charge in [-0.15, -0.1) is 0 Å². The molecule has 3 aliphatic rings. The SMILES string of the molecule is COCC(=O)S[C@@]1(C)C(=O)N2C(c3ccc4c(c3)OCO4)[C@@](C)(C#N)C[C@]2(SC(=O)COC)C(=O)N1C. The van der Waals surface area contributed by atoms with Gasteiger partial charge in [-0.1, -0.05) is 6.07 Å². The molecule has 1 unspecified atom stereocenters. The number of thioether (sulfide) groups is 2. The maximum atomic E-state index is 14.4. The summed E-state index contributed by atoms with van der Waals surface area (Å²) in [6.07, 6.45) is -0.114. The van der Waals surface area contributed by atoms with Gasteiger partial charge in [-0.05, 0) is 55.1 Å². The average molecular weight is 550 g/mol. The number of ether oxygens (including phenoxy) is 4. The highest BCUT2D eigenvalue weighted by atomic mass is 32.2. The highest BCUT2D eigenvalue weighted by Gasteiger charge is 2.71. The van der Waals surface area contributed by atoms with Crippen molar-refractivity contribution in [2.24, 2.45) is 5.41 Å². The second kappa shape index (κ2) is 9.83. The molecule has 11 nitrogen and oxygen atoms in total. The molecule has 1 aromatic carbocycles. The van der Waals surface area contributed by atoms with Crippen LogP contribution >= 0.6 is 23.5 Å². The zero-order valence-electron chi connectivity index (χ0n) is 21.1. The minimum absolute atomic E-state index is 0.0343. The number of amides is 2.